The zero-order valence-corrected chi connectivity index (χ0v) is 11.8. The topological polar surface area (TPSA) is 55.4 Å². The summed E-state index contributed by atoms with van der Waals surface area (Å²) in [5.41, 5.74) is 0. The number of hydrogen-bond acceptors (Lipinski definition) is 3. The highest BCUT2D eigenvalue weighted by Crippen LogP contribution is 2.20. The second-order valence-corrected chi connectivity index (χ2v) is 6.12. The summed E-state index contributed by atoms with van der Waals surface area (Å²) >= 11 is 2.94. The Labute approximate surface area is 108 Å². The molecule has 7 heteroatoms. The SMILES string of the molecule is COCC(C)NS(=O)(=O)c1ccc(F)c(Br)c1. The Morgan fingerprint density at radius 1 is 1.53 bits per heavy atom. The highest BCUT2D eigenvalue weighted by Gasteiger charge is 2.18. The smallest absolute Gasteiger partial charge is 0.240 e. The summed E-state index contributed by atoms with van der Waals surface area (Å²) in [5.74, 6) is -0.506. The number of ether oxygens (including phenoxy) is 1. The lowest BCUT2D eigenvalue weighted by Crippen LogP contribution is -2.35. The van der Waals surface area contributed by atoms with Gasteiger partial charge in [0.15, 0.2) is 0 Å². The number of hydrogen-bond donors (Lipinski definition) is 1. The zero-order chi connectivity index (χ0) is 13.1. The molecule has 0 spiro atoms. The summed E-state index contributed by atoms with van der Waals surface area (Å²) < 4.78 is 44.1. The van der Waals surface area contributed by atoms with Crippen molar-refractivity contribution in [2.75, 3.05) is 13.7 Å². The first-order valence-electron chi connectivity index (χ1n) is 4.83. The minimum Gasteiger partial charge on any atom is -0.383 e. The van der Waals surface area contributed by atoms with Gasteiger partial charge in [-0.25, -0.2) is 17.5 Å². The number of sulfonamides is 1. The van der Waals surface area contributed by atoms with Crippen LogP contribution in [0, 0.1) is 5.82 Å². The summed E-state index contributed by atoms with van der Waals surface area (Å²) in [6.07, 6.45) is 0. The Balaban J connectivity index is 2.93. The van der Waals surface area contributed by atoms with E-state index in [1.54, 1.807) is 6.92 Å². The highest BCUT2D eigenvalue weighted by molar-refractivity contribution is 9.10. The van der Waals surface area contributed by atoms with Crippen molar-refractivity contribution >= 4 is 26.0 Å². The van der Waals surface area contributed by atoms with Gasteiger partial charge in [0, 0.05) is 13.2 Å². The van der Waals surface area contributed by atoms with Gasteiger partial charge in [0.2, 0.25) is 10.0 Å². The highest BCUT2D eigenvalue weighted by atomic mass is 79.9. The van der Waals surface area contributed by atoms with Crippen LogP contribution in [0.5, 0.6) is 0 Å². The molecule has 1 aromatic carbocycles. The van der Waals surface area contributed by atoms with E-state index in [0.29, 0.717) is 0 Å². The lowest BCUT2D eigenvalue weighted by atomic mass is 10.3. The Morgan fingerprint density at radius 3 is 2.71 bits per heavy atom. The molecule has 1 atom stereocenters. The third-order valence-electron chi connectivity index (χ3n) is 1.97. The quantitative estimate of drug-likeness (QED) is 0.899. The maximum Gasteiger partial charge on any atom is 0.240 e. The molecule has 1 N–H and O–H groups in total. The Bertz CT molecular complexity index is 492. The van der Waals surface area contributed by atoms with Crippen molar-refractivity contribution in [2.45, 2.75) is 17.9 Å². The molecule has 4 nitrogen and oxygen atoms in total. The van der Waals surface area contributed by atoms with E-state index in [2.05, 4.69) is 20.7 Å². The predicted molar refractivity (Wildman–Crippen MR) is 65.8 cm³/mol. The minimum atomic E-state index is -3.65. The minimum absolute atomic E-state index is 0.00808. The molecule has 0 aromatic heterocycles. The van der Waals surface area contributed by atoms with Crippen LogP contribution in [0.3, 0.4) is 0 Å². The average Bonchev–Trinajstić information content (AvgIpc) is 2.21. The van der Waals surface area contributed by atoms with Gasteiger partial charge in [-0.15, -0.1) is 0 Å². The van der Waals surface area contributed by atoms with Crippen molar-refractivity contribution in [2.24, 2.45) is 0 Å². The van der Waals surface area contributed by atoms with Crippen LogP contribution in [0.25, 0.3) is 0 Å². The van der Waals surface area contributed by atoms with E-state index in [1.165, 1.54) is 19.2 Å². The average molecular weight is 326 g/mol. The van der Waals surface area contributed by atoms with E-state index in [9.17, 15) is 12.8 Å². The van der Waals surface area contributed by atoms with Gasteiger partial charge in [0.1, 0.15) is 5.82 Å². The first-order valence-corrected chi connectivity index (χ1v) is 7.10. The van der Waals surface area contributed by atoms with Crippen molar-refractivity contribution < 1.29 is 17.5 Å². The van der Waals surface area contributed by atoms with Gasteiger partial charge in [0.05, 0.1) is 16.0 Å². The maximum atomic E-state index is 13.0. The normalized spacial score (nSPS) is 13.6. The molecule has 0 saturated carbocycles. The molecular formula is C10H13BrFNO3S. The van der Waals surface area contributed by atoms with Crippen LogP contribution in [0.4, 0.5) is 4.39 Å². The standard InChI is InChI=1S/C10H13BrFNO3S/c1-7(6-16-2)13-17(14,15)8-3-4-10(12)9(11)5-8/h3-5,7,13H,6H2,1-2H3. The zero-order valence-electron chi connectivity index (χ0n) is 9.41. The maximum absolute atomic E-state index is 13.0. The molecular weight excluding hydrogens is 313 g/mol. The molecule has 1 unspecified atom stereocenters. The third-order valence-corrected chi connectivity index (χ3v) is 4.17. The van der Waals surface area contributed by atoms with E-state index in [4.69, 9.17) is 4.74 Å². The molecule has 96 valence electrons. The molecule has 1 aromatic rings. The molecule has 0 bridgehead atoms. The molecule has 0 radical (unpaired) electrons. The number of benzene rings is 1. The first-order chi connectivity index (χ1) is 7.86. The molecule has 0 heterocycles. The van der Waals surface area contributed by atoms with Gasteiger partial charge >= 0.3 is 0 Å². The van der Waals surface area contributed by atoms with E-state index < -0.39 is 15.8 Å². The monoisotopic (exact) mass is 325 g/mol. The van der Waals surface area contributed by atoms with Gasteiger partial charge in [-0.3, -0.25) is 0 Å². The van der Waals surface area contributed by atoms with Crippen LogP contribution in [0.2, 0.25) is 0 Å². The number of halogens is 2. The predicted octanol–water partition coefficient (Wildman–Crippen LogP) is 1.90. The largest absolute Gasteiger partial charge is 0.383 e. The van der Waals surface area contributed by atoms with Crippen molar-refractivity contribution in [1.29, 1.82) is 0 Å². The molecule has 0 fully saturated rings. The van der Waals surface area contributed by atoms with Gasteiger partial charge < -0.3 is 4.74 Å². The molecule has 0 aliphatic carbocycles. The molecule has 17 heavy (non-hydrogen) atoms. The molecule has 0 amide bonds. The number of rotatable bonds is 5. The number of methoxy groups -OCH3 is 1. The fourth-order valence-corrected chi connectivity index (χ4v) is 3.05. The summed E-state index contributed by atoms with van der Waals surface area (Å²) in [6, 6.07) is 3.17. The summed E-state index contributed by atoms with van der Waals surface area (Å²) in [4.78, 5) is 0.00808. The van der Waals surface area contributed by atoms with Crippen LogP contribution in [0.15, 0.2) is 27.6 Å². The fraction of sp³-hybridized carbons (Fsp3) is 0.400. The third kappa shape index (κ3) is 4.02. The lowest BCUT2D eigenvalue weighted by molar-refractivity contribution is 0.180. The van der Waals surface area contributed by atoms with E-state index >= 15 is 0 Å². The lowest BCUT2D eigenvalue weighted by Gasteiger charge is -2.13. The molecule has 0 saturated heterocycles. The number of nitrogens with one attached hydrogen (secondary N) is 1. The van der Waals surface area contributed by atoms with E-state index in [1.807, 2.05) is 0 Å². The second-order valence-electron chi connectivity index (χ2n) is 3.55. The van der Waals surface area contributed by atoms with Crippen molar-refractivity contribution in [1.82, 2.24) is 4.72 Å². The van der Waals surface area contributed by atoms with Crippen molar-refractivity contribution in [3.63, 3.8) is 0 Å². The molecule has 0 aliphatic rings. The van der Waals surface area contributed by atoms with Crippen LogP contribution >= 0.6 is 15.9 Å². The van der Waals surface area contributed by atoms with Crippen molar-refractivity contribution in [3.8, 4) is 0 Å². The van der Waals surface area contributed by atoms with Gasteiger partial charge in [0.25, 0.3) is 0 Å². The Hall–Kier alpha value is -0.500. The van der Waals surface area contributed by atoms with Gasteiger partial charge in [-0.2, -0.15) is 0 Å². The summed E-state index contributed by atoms with van der Waals surface area (Å²) in [7, 11) is -2.16. The first kappa shape index (κ1) is 14.6. The van der Waals surface area contributed by atoms with Crippen LogP contribution in [0.1, 0.15) is 6.92 Å². The van der Waals surface area contributed by atoms with E-state index in [0.717, 1.165) is 6.07 Å². The van der Waals surface area contributed by atoms with Crippen LogP contribution in [-0.4, -0.2) is 28.2 Å². The molecule has 1 rings (SSSR count). The van der Waals surface area contributed by atoms with Crippen LogP contribution < -0.4 is 4.72 Å². The summed E-state index contributed by atoms with van der Waals surface area (Å²) in [5, 5.41) is 0. The van der Waals surface area contributed by atoms with Gasteiger partial charge in [-0.05, 0) is 41.1 Å². The van der Waals surface area contributed by atoms with Crippen molar-refractivity contribution in [3.05, 3.63) is 28.5 Å². The second kappa shape index (κ2) is 5.90. The van der Waals surface area contributed by atoms with Crippen LogP contribution in [-0.2, 0) is 14.8 Å². The molecule has 0 aliphatic heterocycles. The Kier molecular flexibility index (Phi) is 5.05. The Morgan fingerprint density at radius 2 is 2.18 bits per heavy atom. The van der Waals surface area contributed by atoms with Gasteiger partial charge in [-0.1, -0.05) is 0 Å². The fourth-order valence-electron chi connectivity index (χ4n) is 1.26. The summed E-state index contributed by atoms with van der Waals surface area (Å²) in [6.45, 7) is 1.95. The van der Waals surface area contributed by atoms with E-state index in [-0.39, 0.29) is 22.0 Å².